The average molecular weight is 430 g/mol. The van der Waals surface area contributed by atoms with Crippen LogP contribution in [0.25, 0.3) is 11.5 Å². The minimum absolute atomic E-state index is 0.127. The summed E-state index contributed by atoms with van der Waals surface area (Å²) in [5.41, 5.74) is 1.62. The van der Waals surface area contributed by atoms with Gasteiger partial charge in [-0.1, -0.05) is 18.2 Å². The van der Waals surface area contributed by atoms with E-state index in [4.69, 9.17) is 9.68 Å². The monoisotopic (exact) mass is 430 g/mol. The summed E-state index contributed by atoms with van der Waals surface area (Å²) in [4.78, 5) is 16.4. The standard InChI is InChI=1S/C21H17F3N4O3/c22-21(23,24)13-31-18-7-6-16(10-15(18)11-25)28-20(29)26-9-8-17-12-30-19(27-17)14-4-2-1-3-5-14/h1-7,10,12H,8-9,13H2,(H2,26,28,29). The second kappa shape index (κ2) is 9.67. The number of nitrogens with zero attached hydrogens (tertiary/aromatic N) is 2. The topological polar surface area (TPSA) is 100 Å². The molecule has 1 heterocycles. The summed E-state index contributed by atoms with van der Waals surface area (Å²) in [6.45, 7) is -1.24. The molecule has 3 rings (SSSR count). The van der Waals surface area contributed by atoms with Crippen molar-refractivity contribution in [1.82, 2.24) is 10.3 Å². The highest BCUT2D eigenvalue weighted by atomic mass is 19.4. The van der Waals surface area contributed by atoms with E-state index in [2.05, 4.69) is 20.4 Å². The highest BCUT2D eigenvalue weighted by Gasteiger charge is 2.28. The first kappa shape index (κ1) is 21.7. The fourth-order valence-electron chi connectivity index (χ4n) is 2.60. The van der Waals surface area contributed by atoms with Gasteiger partial charge >= 0.3 is 12.2 Å². The second-order valence-corrected chi connectivity index (χ2v) is 6.37. The van der Waals surface area contributed by atoms with E-state index in [0.29, 0.717) is 18.0 Å². The summed E-state index contributed by atoms with van der Waals surface area (Å²) in [5, 5.41) is 14.2. The molecule has 2 aromatic carbocycles. The molecular formula is C21H17F3N4O3. The first-order valence-corrected chi connectivity index (χ1v) is 9.12. The number of carbonyl (C=O) groups excluding carboxylic acids is 1. The summed E-state index contributed by atoms with van der Waals surface area (Å²) < 4.78 is 46.9. The van der Waals surface area contributed by atoms with Gasteiger partial charge in [0.1, 0.15) is 18.1 Å². The molecule has 10 heteroatoms. The first-order valence-electron chi connectivity index (χ1n) is 9.12. The van der Waals surface area contributed by atoms with Gasteiger partial charge < -0.3 is 19.8 Å². The molecule has 0 aliphatic rings. The number of anilines is 1. The van der Waals surface area contributed by atoms with Crippen molar-refractivity contribution in [2.24, 2.45) is 0 Å². The van der Waals surface area contributed by atoms with Gasteiger partial charge in [-0.3, -0.25) is 0 Å². The van der Waals surface area contributed by atoms with Crippen molar-refractivity contribution in [2.45, 2.75) is 12.6 Å². The number of carbonyl (C=O) groups is 1. The van der Waals surface area contributed by atoms with Gasteiger partial charge in [0, 0.05) is 24.2 Å². The number of aromatic nitrogens is 1. The maximum absolute atomic E-state index is 12.3. The molecule has 160 valence electrons. The van der Waals surface area contributed by atoms with E-state index in [1.807, 2.05) is 30.3 Å². The molecule has 1 aromatic heterocycles. The molecule has 31 heavy (non-hydrogen) atoms. The molecule has 0 saturated carbocycles. The summed E-state index contributed by atoms with van der Waals surface area (Å²) in [5.74, 6) is 0.267. The van der Waals surface area contributed by atoms with Crippen molar-refractivity contribution in [3.63, 3.8) is 0 Å². The first-order chi connectivity index (χ1) is 14.8. The molecule has 2 N–H and O–H groups in total. The molecule has 0 fully saturated rings. The maximum atomic E-state index is 12.3. The van der Waals surface area contributed by atoms with Gasteiger partial charge in [-0.2, -0.15) is 18.4 Å². The Bertz CT molecular complexity index is 1080. The Morgan fingerprint density at radius 3 is 2.68 bits per heavy atom. The van der Waals surface area contributed by atoms with Gasteiger partial charge in [0.15, 0.2) is 6.61 Å². The van der Waals surface area contributed by atoms with Crippen LogP contribution in [-0.4, -0.2) is 30.3 Å². The lowest BCUT2D eigenvalue weighted by atomic mass is 10.2. The number of ether oxygens (including phenoxy) is 1. The fourth-order valence-corrected chi connectivity index (χ4v) is 2.60. The van der Waals surface area contributed by atoms with E-state index in [1.54, 1.807) is 6.07 Å². The van der Waals surface area contributed by atoms with Crippen LogP contribution in [0.4, 0.5) is 23.7 Å². The Kier molecular flexibility index (Phi) is 6.77. The highest BCUT2D eigenvalue weighted by Crippen LogP contribution is 2.25. The molecule has 0 bridgehead atoms. The van der Waals surface area contributed by atoms with Crippen LogP contribution in [-0.2, 0) is 6.42 Å². The van der Waals surface area contributed by atoms with Crippen molar-refractivity contribution in [3.8, 4) is 23.3 Å². The van der Waals surface area contributed by atoms with Gasteiger partial charge in [0.25, 0.3) is 0 Å². The summed E-state index contributed by atoms with van der Waals surface area (Å²) in [6, 6.07) is 14.3. The van der Waals surface area contributed by atoms with Crippen molar-refractivity contribution < 1.29 is 27.1 Å². The van der Waals surface area contributed by atoms with Crippen molar-refractivity contribution in [3.05, 3.63) is 66.1 Å². The lowest BCUT2D eigenvalue weighted by Crippen LogP contribution is -2.30. The van der Waals surface area contributed by atoms with Crippen LogP contribution in [0.15, 0.2) is 59.2 Å². The summed E-state index contributed by atoms with van der Waals surface area (Å²) >= 11 is 0. The zero-order valence-corrected chi connectivity index (χ0v) is 16.1. The minimum atomic E-state index is -4.52. The number of benzene rings is 2. The fraction of sp³-hybridized carbons (Fsp3) is 0.190. The van der Waals surface area contributed by atoms with E-state index in [9.17, 15) is 18.0 Å². The number of halogens is 3. The zero-order chi connectivity index (χ0) is 22.3. The van der Waals surface area contributed by atoms with Crippen molar-refractivity contribution >= 4 is 11.7 Å². The molecule has 0 unspecified atom stereocenters. The van der Waals surface area contributed by atoms with Gasteiger partial charge in [-0.05, 0) is 30.3 Å². The number of amides is 2. The van der Waals surface area contributed by atoms with Gasteiger partial charge in [0.05, 0.1) is 11.3 Å². The lowest BCUT2D eigenvalue weighted by molar-refractivity contribution is -0.153. The molecule has 0 spiro atoms. The molecule has 0 saturated heterocycles. The van der Waals surface area contributed by atoms with Crippen LogP contribution in [0, 0.1) is 11.3 Å². The highest BCUT2D eigenvalue weighted by molar-refractivity contribution is 5.89. The van der Waals surface area contributed by atoms with Crippen LogP contribution < -0.4 is 15.4 Å². The molecule has 0 aliphatic heterocycles. The Hall–Kier alpha value is -4.00. The van der Waals surface area contributed by atoms with Crippen LogP contribution in [0.2, 0.25) is 0 Å². The molecular weight excluding hydrogens is 413 g/mol. The Labute approximate surface area is 175 Å². The van der Waals surface area contributed by atoms with E-state index >= 15 is 0 Å². The predicted molar refractivity (Wildman–Crippen MR) is 105 cm³/mol. The number of nitrogens with one attached hydrogen (secondary N) is 2. The molecule has 2 amide bonds. The van der Waals surface area contributed by atoms with Crippen LogP contribution in [0.5, 0.6) is 5.75 Å². The number of hydrogen-bond donors (Lipinski definition) is 2. The average Bonchev–Trinajstić information content (AvgIpc) is 3.21. The molecule has 0 atom stereocenters. The maximum Gasteiger partial charge on any atom is 0.422 e. The summed E-state index contributed by atoms with van der Waals surface area (Å²) in [7, 11) is 0. The SMILES string of the molecule is N#Cc1cc(NC(=O)NCCc2coc(-c3ccccc3)n2)ccc1OCC(F)(F)F. The van der Waals surface area contributed by atoms with Crippen LogP contribution in [0.3, 0.4) is 0 Å². The number of hydrogen-bond acceptors (Lipinski definition) is 5. The number of urea groups is 1. The number of nitriles is 1. The quantitative estimate of drug-likeness (QED) is 0.574. The van der Waals surface area contributed by atoms with Crippen LogP contribution in [0.1, 0.15) is 11.3 Å². The van der Waals surface area contributed by atoms with E-state index in [-0.39, 0.29) is 23.5 Å². The Balaban J connectivity index is 1.50. The largest absolute Gasteiger partial charge is 0.483 e. The van der Waals surface area contributed by atoms with Gasteiger partial charge in [0.2, 0.25) is 5.89 Å². The lowest BCUT2D eigenvalue weighted by Gasteiger charge is -2.12. The van der Waals surface area contributed by atoms with E-state index < -0.39 is 18.8 Å². The van der Waals surface area contributed by atoms with Gasteiger partial charge in [-0.15, -0.1) is 0 Å². The van der Waals surface area contributed by atoms with E-state index in [1.165, 1.54) is 24.5 Å². The normalized spacial score (nSPS) is 10.9. The molecule has 0 radical (unpaired) electrons. The number of oxazole rings is 1. The Morgan fingerprint density at radius 2 is 1.97 bits per heavy atom. The minimum Gasteiger partial charge on any atom is -0.483 e. The third-order valence-electron chi connectivity index (χ3n) is 3.99. The smallest absolute Gasteiger partial charge is 0.422 e. The van der Waals surface area contributed by atoms with Crippen molar-refractivity contribution in [2.75, 3.05) is 18.5 Å². The Morgan fingerprint density at radius 1 is 1.19 bits per heavy atom. The molecule has 7 nitrogen and oxygen atoms in total. The van der Waals surface area contributed by atoms with Crippen molar-refractivity contribution in [1.29, 1.82) is 5.26 Å². The molecule has 0 aliphatic carbocycles. The molecule has 3 aromatic rings. The third kappa shape index (κ3) is 6.50. The summed E-state index contributed by atoms with van der Waals surface area (Å²) in [6.07, 6.45) is -2.58. The number of alkyl halides is 3. The van der Waals surface area contributed by atoms with E-state index in [0.717, 1.165) is 5.56 Å². The second-order valence-electron chi connectivity index (χ2n) is 6.37. The third-order valence-corrected chi connectivity index (χ3v) is 3.99. The van der Waals surface area contributed by atoms with Crippen LogP contribution >= 0.6 is 0 Å². The predicted octanol–water partition coefficient (Wildman–Crippen LogP) is 4.52. The number of rotatable bonds is 7. The van der Waals surface area contributed by atoms with Gasteiger partial charge in [-0.25, -0.2) is 9.78 Å². The zero-order valence-electron chi connectivity index (χ0n) is 16.1.